The highest BCUT2D eigenvalue weighted by Crippen LogP contribution is 2.37. The number of Topliss-reactive ketones (excluding diaryl/α,β-unsaturated/α-hetero) is 1. The first-order chi connectivity index (χ1) is 9.26. The molecule has 1 saturated heterocycles. The molecule has 1 fully saturated rings. The second kappa shape index (κ2) is 5.38. The number of phosphoric acid groups is 1. The molecule has 2 rings (SSSR count). The quantitative estimate of drug-likeness (QED) is 0.287. The van der Waals surface area contributed by atoms with Crippen LogP contribution in [0.3, 0.4) is 0 Å². The summed E-state index contributed by atoms with van der Waals surface area (Å²) >= 11 is 0. The first kappa shape index (κ1) is 14.8. The summed E-state index contributed by atoms with van der Waals surface area (Å²) in [4.78, 5) is 32.5. The van der Waals surface area contributed by atoms with Gasteiger partial charge in [0.15, 0.2) is 17.8 Å². The van der Waals surface area contributed by atoms with Crippen molar-refractivity contribution < 1.29 is 28.4 Å². The molecule has 1 aliphatic heterocycles. The fraction of sp³-hybridized carbons (Fsp3) is 0.500. The van der Waals surface area contributed by atoms with Crippen LogP contribution in [0.2, 0.25) is 0 Å². The number of carbonyl (C=O) groups excluding carboxylic acids is 1. The molecule has 2 heterocycles. The smallest absolute Gasteiger partial charge is 0.381 e. The first-order valence-corrected chi connectivity index (χ1v) is 6.93. The Kier molecular flexibility index (Phi) is 3.97. The fourth-order valence-corrected chi connectivity index (χ4v) is 1.94. The zero-order chi connectivity index (χ0) is 14.9. The highest BCUT2D eigenvalue weighted by atomic mass is 31.2. The number of amidine groups is 1. The van der Waals surface area contributed by atoms with Crippen molar-refractivity contribution in [2.24, 2.45) is 5.73 Å². The van der Waals surface area contributed by atoms with Gasteiger partial charge in [-0.25, -0.2) is 14.2 Å². The predicted molar refractivity (Wildman–Crippen MR) is 62.6 cm³/mol. The van der Waals surface area contributed by atoms with E-state index in [0.29, 0.717) is 0 Å². The molecule has 5 N–H and O–H groups in total. The number of rotatable bonds is 5. The van der Waals surface area contributed by atoms with E-state index in [-0.39, 0.29) is 23.9 Å². The number of phosphoric ester groups is 1. The van der Waals surface area contributed by atoms with Crippen LogP contribution in [0.25, 0.3) is 0 Å². The lowest BCUT2D eigenvalue weighted by molar-refractivity contribution is -0.124. The summed E-state index contributed by atoms with van der Waals surface area (Å²) in [5.74, 6) is -0.700. The van der Waals surface area contributed by atoms with E-state index in [1.54, 1.807) is 0 Å². The summed E-state index contributed by atoms with van der Waals surface area (Å²) in [6.07, 6.45) is -0.650. The Morgan fingerprint density at radius 2 is 2.40 bits per heavy atom. The van der Waals surface area contributed by atoms with Crippen LogP contribution in [0.4, 0.5) is 0 Å². The number of ether oxygens (including phenoxy) is 1. The number of aromatic nitrogens is 3. The predicted octanol–water partition coefficient (Wildman–Crippen LogP) is -1.47. The Balaban J connectivity index is 2.00. The minimum Gasteiger partial charge on any atom is -0.381 e. The second-order valence-corrected chi connectivity index (χ2v) is 5.24. The summed E-state index contributed by atoms with van der Waals surface area (Å²) in [7, 11) is -4.66. The number of hydrogen-bond donors (Lipinski definition) is 4. The van der Waals surface area contributed by atoms with Gasteiger partial charge in [-0.05, 0) is 0 Å². The largest absolute Gasteiger partial charge is 0.469 e. The maximum atomic E-state index is 11.6. The van der Waals surface area contributed by atoms with Gasteiger partial charge in [0.05, 0.1) is 13.0 Å². The van der Waals surface area contributed by atoms with Gasteiger partial charge in [-0.15, -0.1) is 5.10 Å². The number of nitrogens with zero attached hydrogens (tertiary/aromatic N) is 3. The molecule has 0 bridgehead atoms. The molecule has 11 nitrogen and oxygen atoms in total. The van der Waals surface area contributed by atoms with Gasteiger partial charge in [-0.1, -0.05) is 0 Å². The molecule has 0 unspecified atom stereocenters. The van der Waals surface area contributed by atoms with Crippen molar-refractivity contribution in [3.63, 3.8) is 0 Å². The molecule has 0 spiro atoms. The van der Waals surface area contributed by atoms with Crippen molar-refractivity contribution >= 4 is 19.4 Å². The molecule has 0 radical (unpaired) electrons. The van der Waals surface area contributed by atoms with E-state index in [0.717, 1.165) is 0 Å². The fourth-order valence-electron chi connectivity index (χ4n) is 1.61. The van der Waals surface area contributed by atoms with Crippen molar-refractivity contribution in [1.82, 2.24) is 14.8 Å². The molecule has 0 aromatic carbocycles. The van der Waals surface area contributed by atoms with Gasteiger partial charge < -0.3 is 20.3 Å². The Morgan fingerprint density at radius 3 is 2.95 bits per heavy atom. The maximum Gasteiger partial charge on any atom is 0.469 e. The molecule has 12 heteroatoms. The van der Waals surface area contributed by atoms with E-state index in [1.165, 1.54) is 11.0 Å². The number of nitrogens with one attached hydrogen (secondary N) is 1. The van der Waals surface area contributed by atoms with E-state index in [9.17, 15) is 9.36 Å². The summed E-state index contributed by atoms with van der Waals surface area (Å²) in [6, 6.07) is 0. The topological polar surface area (TPSA) is 174 Å². The Morgan fingerprint density at radius 1 is 1.70 bits per heavy atom. The minimum absolute atomic E-state index is 0.00373. The van der Waals surface area contributed by atoms with Crippen LogP contribution in [0.1, 0.15) is 18.5 Å². The second-order valence-electron chi connectivity index (χ2n) is 4.00. The van der Waals surface area contributed by atoms with Gasteiger partial charge in [0.1, 0.15) is 12.4 Å². The van der Waals surface area contributed by atoms with Crippen LogP contribution in [0, 0.1) is 5.41 Å². The first-order valence-electron chi connectivity index (χ1n) is 5.40. The summed E-state index contributed by atoms with van der Waals surface area (Å²) in [6.45, 7) is -0.548. The highest BCUT2D eigenvalue weighted by molar-refractivity contribution is 7.46. The van der Waals surface area contributed by atoms with E-state index >= 15 is 0 Å². The molecule has 20 heavy (non-hydrogen) atoms. The van der Waals surface area contributed by atoms with Crippen LogP contribution in [-0.2, 0) is 18.6 Å². The molecule has 0 saturated carbocycles. The van der Waals surface area contributed by atoms with E-state index < -0.39 is 26.8 Å². The van der Waals surface area contributed by atoms with Crippen LogP contribution in [0.5, 0.6) is 0 Å². The standard InChI is InChI=1S/C8H12N5O6P/c9-7(10)8-11-3-13(12-8)6-1-4(14)5(19-6)2-18-20(15,16)17/h3,5-6H,1-2H2,(H3,9,10)(H2,15,16,17)/t5-,6-/m1/s1. The average molecular weight is 305 g/mol. The van der Waals surface area contributed by atoms with E-state index in [2.05, 4.69) is 14.6 Å². The van der Waals surface area contributed by atoms with E-state index in [1.807, 2.05) is 0 Å². The Hall–Kier alpha value is -1.65. The Labute approximate surface area is 112 Å². The molecule has 0 amide bonds. The van der Waals surface area contributed by atoms with Crippen molar-refractivity contribution in [3.8, 4) is 0 Å². The van der Waals surface area contributed by atoms with Crippen LogP contribution in [0.15, 0.2) is 6.33 Å². The lowest BCUT2D eigenvalue weighted by atomic mass is 10.2. The zero-order valence-corrected chi connectivity index (χ0v) is 10.9. The van der Waals surface area contributed by atoms with Crippen LogP contribution in [-0.4, -0.2) is 48.9 Å². The normalized spacial score (nSPS) is 23.2. The molecular weight excluding hydrogens is 293 g/mol. The monoisotopic (exact) mass is 305 g/mol. The number of carbonyl (C=O) groups is 1. The zero-order valence-electron chi connectivity index (χ0n) is 10.0. The molecular formula is C8H12N5O6P. The van der Waals surface area contributed by atoms with Gasteiger partial charge in [-0.3, -0.25) is 14.7 Å². The van der Waals surface area contributed by atoms with Crippen molar-refractivity contribution in [1.29, 1.82) is 5.41 Å². The average Bonchev–Trinajstić information content (AvgIpc) is 2.91. The number of ketones is 1. The number of nitrogens with two attached hydrogens (primary N) is 1. The van der Waals surface area contributed by atoms with Crippen molar-refractivity contribution in [3.05, 3.63) is 12.2 Å². The molecule has 1 aromatic heterocycles. The molecule has 1 aliphatic rings. The summed E-state index contributed by atoms with van der Waals surface area (Å²) < 4.78 is 21.3. The minimum atomic E-state index is -4.66. The third-order valence-corrected chi connectivity index (χ3v) is 2.98. The van der Waals surface area contributed by atoms with E-state index in [4.69, 9.17) is 25.7 Å². The molecule has 0 aliphatic carbocycles. The van der Waals surface area contributed by atoms with Crippen LogP contribution >= 0.6 is 7.82 Å². The van der Waals surface area contributed by atoms with Crippen molar-refractivity contribution in [2.75, 3.05) is 6.61 Å². The Bertz CT molecular complexity index is 582. The maximum absolute atomic E-state index is 11.6. The van der Waals surface area contributed by atoms with Crippen LogP contribution < -0.4 is 5.73 Å². The van der Waals surface area contributed by atoms with Gasteiger partial charge in [-0.2, -0.15) is 0 Å². The van der Waals surface area contributed by atoms with Crippen molar-refractivity contribution in [2.45, 2.75) is 18.8 Å². The SMILES string of the molecule is N=C(N)c1ncn([C@H]2CC(=O)[C@@H](COP(=O)(O)O)O2)n1. The summed E-state index contributed by atoms with van der Waals surface area (Å²) in [5.41, 5.74) is 5.21. The lowest BCUT2D eigenvalue weighted by Crippen LogP contribution is -2.22. The van der Waals surface area contributed by atoms with Gasteiger partial charge in [0.2, 0.25) is 5.82 Å². The number of nitrogen functional groups attached to an aromatic ring is 1. The third-order valence-electron chi connectivity index (χ3n) is 2.49. The van der Waals surface area contributed by atoms with Gasteiger partial charge in [0, 0.05) is 0 Å². The molecule has 110 valence electrons. The number of hydrogen-bond acceptors (Lipinski definition) is 7. The van der Waals surface area contributed by atoms with Gasteiger partial charge in [0.25, 0.3) is 0 Å². The molecule has 2 atom stereocenters. The third kappa shape index (κ3) is 3.46. The summed E-state index contributed by atoms with van der Waals surface area (Å²) in [5, 5.41) is 11.0. The molecule has 1 aromatic rings. The van der Waals surface area contributed by atoms with Gasteiger partial charge >= 0.3 is 7.82 Å². The highest BCUT2D eigenvalue weighted by Gasteiger charge is 2.36. The lowest BCUT2D eigenvalue weighted by Gasteiger charge is -2.12.